The van der Waals surface area contributed by atoms with Gasteiger partial charge in [-0.05, 0) is 19.8 Å². The lowest BCUT2D eigenvalue weighted by atomic mass is 10.1. The Morgan fingerprint density at radius 2 is 2.62 bits per heavy atom. The molecule has 0 saturated carbocycles. The van der Waals surface area contributed by atoms with Gasteiger partial charge in [0.25, 0.3) is 0 Å². The first-order valence-corrected chi connectivity index (χ1v) is 6.16. The summed E-state index contributed by atoms with van der Waals surface area (Å²) in [5, 5.41) is 8.26. The maximum absolute atomic E-state index is 5.78. The van der Waals surface area contributed by atoms with Crippen LogP contribution < -0.4 is 5.32 Å². The topological polar surface area (TPSA) is 39.1 Å². The number of aromatic nitrogens is 2. The maximum atomic E-state index is 5.78. The highest BCUT2D eigenvalue weighted by Crippen LogP contribution is 2.15. The van der Waals surface area contributed by atoms with E-state index in [0.717, 1.165) is 19.7 Å². The minimum absolute atomic E-state index is 0.376. The normalized spacial score (nSPS) is 22.5. The van der Waals surface area contributed by atoms with Crippen LogP contribution in [0.25, 0.3) is 0 Å². The molecule has 1 N–H and O–H groups in total. The molecular formula is C11H18ClN3O. The lowest BCUT2D eigenvalue weighted by Crippen LogP contribution is -2.38. The van der Waals surface area contributed by atoms with Crippen LogP contribution in [-0.4, -0.2) is 35.1 Å². The number of ether oxygens (including phenoxy) is 1. The van der Waals surface area contributed by atoms with Gasteiger partial charge in [0, 0.05) is 25.4 Å². The summed E-state index contributed by atoms with van der Waals surface area (Å²) in [5.41, 5.74) is 0. The molecule has 2 rings (SSSR count). The monoisotopic (exact) mass is 243 g/mol. The van der Waals surface area contributed by atoms with Crippen LogP contribution in [0.1, 0.15) is 19.8 Å². The van der Waals surface area contributed by atoms with Crippen LogP contribution in [0.5, 0.6) is 0 Å². The van der Waals surface area contributed by atoms with Crippen LogP contribution in [0.4, 0.5) is 0 Å². The summed E-state index contributed by atoms with van der Waals surface area (Å²) in [6.07, 6.45) is 6.22. The highest BCUT2D eigenvalue weighted by molar-refractivity contribution is 6.30. The van der Waals surface area contributed by atoms with E-state index in [2.05, 4.69) is 17.3 Å². The van der Waals surface area contributed by atoms with Crippen molar-refractivity contribution in [1.29, 1.82) is 0 Å². The fourth-order valence-corrected chi connectivity index (χ4v) is 2.15. The molecular weight excluding hydrogens is 226 g/mol. The van der Waals surface area contributed by atoms with Gasteiger partial charge in [-0.2, -0.15) is 5.10 Å². The lowest BCUT2D eigenvalue weighted by molar-refractivity contribution is 0.0834. The summed E-state index contributed by atoms with van der Waals surface area (Å²) >= 11 is 5.78. The Balaban J connectivity index is 1.67. The Kier molecular flexibility index (Phi) is 4.21. The summed E-state index contributed by atoms with van der Waals surface area (Å²) in [6.45, 7) is 4.81. The molecule has 1 aromatic heterocycles. The van der Waals surface area contributed by atoms with Crippen LogP contribution in [0, 0.1) is 0 Å². The van der Waals surface area contributed by atoms with E-state index >= 15 is 0 Å². The summed E-state index contributed by atoms with van der Waals surface area (Å²) in [6, 6.07) is 0.411. The Labute approximate surface area is 101 Å². The van der Waals surface area contributed by atoms with Gasteiger partial charge in [0.1, 0.15) is 0 Å². The Morgan fingerprint density at radius 1 is 1.75 bits per heavy atom. The number of halogens is 1. The third-order valence-electron chi connectivity index (χ3n) is 2.93. The van der Waals surface area contributed by atoms with Gasteiger partial charge in [-0.25, -0.2) is 0 Å². The molecule has 0 bridgehead atoms. The van der Waals surface area contributed by atoms with Crippen LogP contribution >= 0.6 is 11.6 Å². The van der Waals surface area contributed by atoms with Crippen LogP contribution in [-0.2, 0) is 11.3 Å². The van der Waals surface area contributed by atoms with Crippen molar-refractivity contribution in [2.75, 3.05) is 13.2 Å². The predicted molar refractivity (Wildman–Crippen MR) is 63.7 cm³/mol. The lowest BCUT2D eigenvalue weighted by Gasteiger charge is -2.19. The molecule has 0 radical (unpaired) electrons. The fourth-order valence-electron chi connectivity index (χ4n) is 2.00. The second-order valence-electron chi connectivity index (χ2n) is 4.22. The minimum atomic E-state index is 0.376. The van der Waals surface area contributed by atoms with Gasteiger partial charge < -0.3 is 10.1 Å². The van der Waals surface area contributed by atoms with E-state index in [-0.39, 0.29) is 0 Å². The molecule has 2 unspecified atom stereocenters. The highest BCUT2D eigenvalue weighted by atomic mass is 35.5. The Bertz CT molecular complexity index is 323. The molecule has 1 aromatic rings. The van der Waals surface area contributed by atoms with Gasteiger partial charge in [-0.3, -0.25) is 4.68 Å². The predicted octanol–water partition coefficient (Wildman–Crippen LogP) is 1.69. The van der Waals surface area contributed by atoms with Gasteiger partial charge in [0.15, 0.2) is 0 Å². The van der Waals surface area contributed by atoms with E-state index in [0.29, 0.717) is 17.2 Å². The van der Waals surface area contributed by atoms with E-state index in [1.807, 2.05) is 10.9 Å². The zero-order chi connectivity index (χ0) is 11.4. The summed E-state index contributed by atoms with van der Waals surface area (Å²) < 4.78 is 7.46. The molecule has 16 heavy (non-hydrogen) atoms. The second-order valence-corrected chi connectivity index (χ2v) is 4.65. The number of nitrogens with zero attached hydrogens (tertiary/aromatic N) is 2. The van der Waals surface area contributed by atoms with Crippen LogP contribution in [0.2, 0.25) is 5.02 Å². The molecule has 2 heterocycles. The Morgan fingerprint density at radius 3 is 3.25 bits per heavy atom. The molecule has 0 spiro atoms. The molecule has 4 nitrogen and oxygen atoms in total. The van der Waals surface area contributed by atoms with Crippen LogP contribution in [0.15, 0.2) is 12.4 Å². The molecule has 0 amide bonds. The smallest absolute Gasteiger partial charge is 0.0785 e. The number of hydrogen-bond donors (Lipinski definition) is 1. The van der Waals surface area contributed by atoms with Gasteiger partial charge in [0.2, 0.25) is 0 Å². The Hall–Kier alpha value is -0.580. The van der Waals surface area contributed by atoms with Gasteiger partial charge in [-0.15, -0.1) is 0 Å². The first kappa shape index (κ1) is 11.9. The van der Waals surface area contributed by atoms with E-state index in [4.69, 9.17) is 16.3 Å². The van der Waals surface area contributed by atoms with Crippen molar-refractivity contribution >= 4 is 11.6 Å². The number of rotatable bonds is 5. The summed E-state index contributed by atoms with van der Waals surface area (Å²) in [7, 11) is 0. The average Bonchev–Trinajstić information content (AvgIpc) is 2.89. The van der Waals surface area contributed by atoms with Crippen LogP contribution in [0.3, 0.4) is 0 Å². The van der Waals surface area contributed by atoms with E-state index in [9.17, 15) is 0 Å². The zero-order valence-corrected chi connectivity index (χ0v) is 10.3. The average molecular weight is 244 g/mol. The third kappa shape index (κ3) is 3.20. The SMILES string of the molecule is CC(NCCn1cc(Cl)cn1)C1CCCO1. The van der Waals surface area contributed by atoms with Crippen molar-refractivity contribution in [3.05, 3.63) is 17.4 Å². The molecule has 1 aliphatic rings. The van der Waals surface area contributed by atoms with Crippen molar-refractivity contribution in [3.8, 4) is 0 Å². The first-order chi connectivity index (χ1) is 7.75. The summed E-state index contributed by atoms with van der Waals surface area (Å²) in [4.78, 5) is 0. The van der Waals surface area contributed by atoms with E-state index in [1.165, 1.54) is 12.8 Å². The molecule has 0 aromatic carbocycles. The van der Waals surface area contributed by atoms with Gasteiger partial charge in [0.05, 0.1) is 23.9 Å². The number of nitrogens with one attached hydrogen (secondary N) is 1. The van der Waals surface area contributed by atoms with Crippen molar-refractivity contribution in [2.45, 2.75) is 38.5 Å². The molecule has 1 saturated heterocycles. The van der Waals surface area contributed by atoms with Gasteiger partial charge >= 0.3 is 0 Å². The third-order valence-corrected chi connectivity index (χ3v) is 3.13. The van der Waals surface area contributed by atoms with E-state index in [1.54, 1.807) is 6.20 Å². The van der Waals surface area contributed by atoms with Crippen molar-refractivity contribution in [1.82, 2.24) is 15.1 Å². The molecule has 5 heteroatoms. The van der Waals surface area contributed by atoms with E-state index < -0.39 is 0 Å². The molecule has 90 valence electrons. The first-order valence-electron chi connectivity index (χ1n) is 5.78. The largest absolute Gasteiger partial charge is 0.377 e. The highest BCUT2D eigenvalue weighted by Gasteiger charge is 2.21. The molecule has 2 atom stereocenters. The maximum Gasteiger partial charge on any atom is 0.0785 e. The molecule has 1 aliphatic heterocycles. The second kappa shape index (κ2) is 5.66. The van der Waals surface area contributed by atoms with Gasteiger partial charge in [-0.1, -0.05) is 11.6 Å². The van der Waals surface area contributed by atoms with Crippen molar-refractivity contribution in [3.63, 3.8) is 0 Å². The number of hydrogen-bond acceptors (Lipinski definition) is 3. The zero-order valence-electron chi connectivity index (χ0n) is 9.53. The van der Waals surface area contributed by atoms with Crippen molar-refractivity contribution in [2.24, 2.45) is 0 Å². The molecule has 0 aliphatic carbocycles. The quantitative estimate of drug-likeness (QED) is 0.856. The fraction of sp³-hybridized carbons (Fsp3) is 0.727. The summed E-state index contributed by atoms with van der Waals surface area (Å²) in [5.74, 6) is 0. The minimum Gasteiger partial charge on any atom is -0.377 e. The standard InChI is InChI=1S/C11H18ClN3O/c1-9(11-3-2-6-16-11)13-4-5-15-8-10(12)7-14-15/h7-9,11,13H,2-6H2,1H3. The van der Waals surface area contributed by atoms with Crippen molar-refractivity contribution < 1.29 is 4.74 Å². The molecule has 1 fully saturated rings.